The molecule has 0 aromatic rings. The molecular formula is C20H41. The Morgan fingerprint density at radius 2 is 1.00 bits per heavy atom. The SMILES string of the molecule is [CH2]CCCCCC(CCCC)CCCCCCCCC. The zero-order chi connectivity index (χ0) is 14.9. The lowest BCUT2D eigenvalue weighted by Gasteiger charge is -2.16. The standard InChI is InChI=1S/C20H41/c1-4-7-10-12-13-14-16-19-20(17-9-6-3)18-15-11-8-5-2/h20H,2,4-19H2,1,3H3. The summed E-state index contributed by atoms with van der Waals surface area (Å²) >= 11 is 0. The van der Waals surface area contributed by atoms with E-state index in [9.17, 15) is 0 Å². The molecule has 0 aromatic heterocycles. The van der Waals surface area contributed by atoms with Crippen LogP contribution in [0.25, 0.3) is 0 Å². The quantitative estimate of drug-likeness (QED) is 0.254. The van der Waals surface area contributed by atoms with Crippen molar-refractivity contribution in [1.82, 2.24) is 0 Å². The highest BCUT2D eigenvalue weighted by molar-refractivity contribution is 4.61. The maximum absolute atomic E-state index is 3.94. The minimum absolute atomic E-state index is 1.02. The van der Waals surface area contributed by atoms with E-state index in [0.29, 0.717) is 0 Å². The number of rotatable bonds is 16. The zero-order valence-electron chi connectivity index (χ0n) is 14.6. The summed E-state index contributed by atoms with van der Waals surface area (Å²) in [5, 5.41) is 0. The van der Waals surface area contributed by atoms with Crippen LogP contribution >= 0.6 is 0 Å². The van der Waals surface area contributed by atoms with E-state index in [4.69, 9.17) is 0 Å². The van der Waals surface area contributed by atoms with Gasteiger partial charge in [0, 0.05) is 0 Å². The lowest BCUT2D eigenvalue weighted by Crippen LogP contribution is -2.01. The fraction of sp³-hybridized carbons (Fsp3) is 0.950. The van der Waals surface area contributed by atoms with Gasteiger partial charge < -0.3 is 0 Å². The van der Waals surface area contributed by atoms with E-state index in [1.54, 1.807) is 0 Å². The Balaban J connectivity index is 3.53. The largest absolute Gasteiger partial charge is 0.0654 e. The molecular weight excluding hydrogens is 240 g/mol. The molecule has 1 atom stereocenters. The molecule has 20 heavy (non-hydrogen) atoms. The van der Waals surface area contributed by atoms with Gasteiger partial charge in [-0.3, -0.25) is 0 Å². The summed E-state index contributed by atoms with van der Waals surface area (Å²) in [6.07, 6.45) is 22.7. The predicted octanol–water partition coefficient (Wildman–Crippen LogP) is 7.72. The van der Waals surface area contributed by atoms with Crippen molar-refractivity contribution in [2.75, 3.05) is 0 Å². The lowest BCUT2D eigenvalue weighted by molar-refractivity contribution is 0.372. The average molecular weight is 282 g/mol. The van der Waals surface area contributed by atoms with Crippen LogP contribution < -0.4 is 0 Å². The first-order chi connectivity index (χ1) is 9.85. The van der Waals surface area contributed by atoms with Crippen molar-refractivity contribution in [1.29, 1.82) is 0 Å². The molecule has 0 aromatic carbocycles. The molecule has 0 rings (SSSR count). The van der Waals surface area contributed by atoms with Crippen molar-refractivity contribution < 1.29 is 0 Å². The molecule has 1 radical (unpaired) electrons. The highest BCUT2D eigenvalue weighted by Crippen LogP contribution is 2.23. The van der Waals surface area contributed by atoms with Gasteiger partial charge in [0.05, 0.1) is 0 Å². The summed E-state index contributed by atoms with van der Waals surface area (Å²) in [6, 6.07) is 0. The van der Waals surface area contributed by atoms with E-state index in [-0.39, 0.29) is 0 Å². The first kappa shape index (κ1) is 20.0. The van der Waals surface area contributed by atoms with Crippen LogP contribution in [0.2, 0.25) is 0 Å². The van der Waals surface area contributed by atoms with E-state index in [0.717, 1.165) is 12.3 Å². The molecule has 0 saturated heterocycles. The highest BCUT2D eigenvalue weighted by atomic mass is 14.1. The fourth-order valence-electron chi connectivity index (χ4n) is 3.10. The van der Waals surface area contributed by atoms with E-state index < -0.39 is 0 Å². The molecule has 121 valence electrons. The van der Waals surface area contributed by atoms with Crippen LogP contribution in [-0.2, 0) is 0 Å². The second kappa shape index (κ2) is 17.1. The second-order valence-corrected chi connectivity index (χ2v) is 6.62. The van der Waals surface area contributed by atoms with Gasteiger partial charge in [-0.15, -0.1) is 0 Å². The molecule has 0 fully saturated rings. The Kier molecular flexibility index (Phi) is 17.1. The van der Waals surface area contributed by atoms with Gasteiger partial charge in [-0.25, -0.2) is 0 Å². The summed E-state index contributed by atoms with van der Waals surface area (Å²) in [5.74, 6) is 1.02. The molecule has 0 bridgehead atoms. The maximum Gasteiger partial charge on any atom is -0.0414 e. The average Bonchev–Trinajstić information content (AvgIpc) is 2.47. The molecule has 0 aliphatic heterocycles. The van der Waals surface area contributed by atoms with E-state index in [1.165, 1.54) is 96.3 Å². The van der Waals surface area contributed by atoms with Crippen LogP contribution in [0.15, 0.2) is 0 Å². The zero-order valence-corrected chi connectivity index (χ0v) is 14.6. The minimum Gasteiger partial charge on any atom is -0.0654 e. The summed E-state index contributed by atoms with van der Waals surface area (Å²) < 4.78 is 0. The van der Waals surface area contributed by atoms with Gasteiger partial charge in [0.2, 0.25) is 0 Å². The Labute approximate surface area is 130 Å². The first-order valence-electron chi connectivity index (χ1n) is 9.64. The molecule has 0 heterocycles. The van der Waals surface area contributed by atoms with Crippen molar-refractivity contribution in [2.45, 2.75) is 117 Å². The second-order valence-electron chi connectivity index (χ2n) is 6.62. The minimum atomic E-state index is 1.02. The monoisotopic (exact) mass is 281 g/mol. The fourth-order valence-corrected chi connectivity index (χ4v) is 3.10. The van der Waals surface area contributed by atoms with Crippen LogP contribution in [0.3, 0.4) is 0 Å². The third kappa shape index (κ3) is 14.4. The molecule has 0 saturated carbocycles. The molecule has 0 amide bonds. The molecule has 1 unspecified atom stereocenters. The van der Waals surface area contributed by atoms with Gasteiger partial charge in [0.15, 0.2) is 0 Å². The van der Waals surface area contributed by atoms with Gasteiger partial charge in [0.25, 0.3) is 0 Å². The van der Waals surface area contributed by atoms with E-state index >= 15 is 0 Å². The van der Waals surface area contributed by atoms with Crippen LogP contribution in [0, 0.1) is 12.8 Å². The van der Waals surface area contributed by atoms with Crippen molar-refractivity contribution in [3.63, 3.8) is 0 Å². The van der Waals surface area contributed by atoms with Crippen LogP contribution in [0.1, 0.15) is 117 Å². The number of hydrogen-bond donors (Lipinski definition) is 0. The van der Waals surface area contributed by atoms with Crippen LogP contribution in [-0.4, -0.2) is 0 Å². The van der Waals surface area contributed by atoms with Crippen molar-refractivity contribution in [2.24, 2.45) is 5.92 Å². The maximum atomic E-state index is 3.94. The predicted molar refractivity (Wildman–Crippen MR) is 94.1 cm³/mol. The normalized spacial score (nSPS) is 12.8. The van der Waals surface area contributed by atoms with Gasteiger partial charge in [-0.1, -0.05) is 124 Å². The first-order valence-corrected chi connectivity index (χ1v) is 9.64. The molecule has 0 N–H and O–H groups in total. The third-order valence-electron chi connectivity index (χ3n) is 4.54. The highest BCUT2D eigenvalue weighted by Gasteiger charge is 2.07. The smallest absolute Gasteiger partial charge is 0.0414 e. The summed E-state index contributed by atoms with van der Waals surface area (Å²) in [4.78, 5) is 0. The Morgan fingerprint density at radius 3 is 1.55 bits per heavy atom. The molecule has 0 aliphatic rings. The Morgan fingerprint density at radius 1 is 0.550 bits per heavy atom. The summed E-state index contributed by atoms with van der Waals surface area (Å²) in [5.41, 5.74) is 0. The van der Waals surface area contributed by atoms with Gasteiger partial charge in [-0.05, 0) is 5.92 Å². The molecule has 0 spiro atoms. The number of unbranched alkanes of at least 4 members (excludes halogenated alkanes) is 10. The van der Waals surface area contributed by atoms with Crippen molar-refractivity contribution >= 4 is 0 Å². The topological polar surface area (TPSA) is 0 Å². The summed E-state index contributed by atoms with van der Waals surface area (Å²) in [6.45, 7) is 8.57. The van der Waals surface area contributed by atoms with Crippen LogP contribution in [0.4, 0.5) is 0 Å². The molecule has 0 aliphatic carbocycles. The lowest BCUT2D eigenvalue weighted by atomic mass is 9.90. The van der Waals surface area contributed by atoms with Crippen LogP contribution in [0.5, 0.6) is 0 Å². The molecule has 0 nitrogen and oxygen atoms in total. The van der Waals surface area contributed by atoms with Crippen molar-refractivity contribution in [3.8, 4) is 0 Å². The van der Waals surface area contributed by atoms with Gasteiger partial charge in [-0.2, -0.15) is 0 Å². The molecule has 0 heteroatoms. The van der Waals surface area contributed by atoms with E-state index in [2.05, 4.69) is 20.8 Å². The van der Waals surface area contributed by atoms with Gasteiger partial charge in [0.1, 0.15) is 0 Å². The number of hydrogen-bond acceptors (Lipinski definition) is 0. The van der Waals surface area contributed by atoms with E-state index in [1.807, 2.05) is 0 Å². The Bertz CT molecular complexity index is 161. The third-order valence-corrected chi connectivity index (χ3v) is 4.54. The Hall–Kier alpha value is 0. The summed E-state index contributed by atoms with van der Waals surface area (Å²) in [7, 11) is 0. The van der Waals surface area contributed by atoms with Crippen molar-refractivity contribution in [3.05, 3.63) is 6.92 Å². The van der Waals surface area contributed by atoms with Gasteiger partial charge >= 0.3 is 0 Å².